The summed E-state index contributed by atoms with van der Waals surface area (Å²) < 4.78 is 0.153. The molecular formula is C6H16N3O3+. The molecule has 0 saturated carbocycles. The van der Waals surface area contributed by atoms with E-state index in [0.717, 1.165) is 0 Å². The van der Waals surface area contributed by atoms with Crippen molar-refractivity contribution in [3.8, 4) is 0 Å². The molecule has 1 saturated heterocycles. The van der Waals surface area contributed by atoms with Crippen molar-refractivity contribution in [2.45, 2.75) is 0 Å². The summed E-state index contributed by atoms with van der Waals surface area (Å²) >= 11 is 0. The lowest BCUT2D eigenvalue weighted by Crippen LogP contribution is -2.65. The minimum atomic E-state index is -0.125. The lowest BCUT2D eigenvalue weighted by atomic mass is 10.5. The SMILES string of the molecule is OCN1CNC[N+](CO)(CO)C1. The Hall–Kier alpha value is -0.240. The lowest BCUT2D eigenvalue weighted by Gasteiger charge is -2.42. The molecule has 0 radical (unpaired) electrons. The van der Waals surface area contributed by atoms with Crippen LogP contribution in [-0.4, -0.2) is 64.9 Å². The molecule has 72 valence electrons. The van der Waals surface area contributed by atoms with Crippen molar-refractivity contribution in [3.05, 3.63) is 0 Å². The van der Waals surface area contributed by atoms with Crippen molar-refractivity contribution in [1.82, 2.24) is 10.2 Å². The predicted octanol–water partition coefficient (Wildman–Crippen LogP) is -2.57. The molecule has 1 rings (SSSR count). The lowest BCUT2D eigenvalue weighted by molar-refractivity contribution is -0.977. The predicted molar refractivity (Wildman–Crippen MR) is 41.1 cm³/mol. The zero-order valence-electron chi connectivity index (χ0n) is 6.98. The van der Waals surface area contributed by atoms with E-state index in [2.05, 4.69) is 5.32 Å². The van der Waals surface area contributed by atoms with Crippen LogP contribution in [0.4, 0.5) is 0 Å². The highest BCUT2D eigenvalue weighted by atomic mass is 16.3. The van der Waals surface area contributed by atoms with E-state index in [4.69, 9.17) is 15.3 Å². The second-order valence-corrected chi connectivity index (χ2v) is 3.14. The molecule has 0 bridgehead atoms. The smallest absolute Gasteiger partial charge is 0.184 e. The van der Waals surface area contributed by atoms with E-state index in [0.29, 0.717) is 20.0 Å². The normalized spacial score (nSPS) is 24.2. The first kappa shape index (κ1) is 9.85. The minimum absolute atomic E-state index is 0.0625. The van der Waals surface area contributed by atoms with Gasteiger partial charge in [0, 0.05) is 0 Å². The fraction of sp³-hybridized carbons (Fsp3) is 1.00. The Morgan fingerprint density at radius 1 is 1.25 bits per heavy atom. The molecule has 4 N–H and O–H groups in total. The Labute approximate surface area is 71.2 Å². The summed E-state index contributed by atoms with van der Waals surface area (Å²) in [5, 5.41) is 29.9. The molecule has 0 unspecified atom stereocenters. The minimum Gasteiger partial charge on any atom is -0.381 e. The van der Waals surface area contributed by atoms with E-state index in [-0.39, 0.29) is 24.7 Å². The Bertz CT molecular complexity index is 140. The monoisotopic (exact) mass is 178 g/mol. The number of nitrogens with zero attached hydrogens (tertiary/aromatic N) is 2. The second kappa shape index (κ2) is 4.13. The highest BCUT2D eigenvalue weighted by Gasteiger charge is 2.31. The number of hydrogen-bond donors (Lipinski definition) is 4. The molecule has 12 heavy (non-hydrogen) atoms. The molecular weight excluding hydrogens is 162 g/mol. The molecule has 1 aliphatic heterocycles. The van der Waals surface area contributed by atoms with Gasteiger partial charge in [-0.1, -0.05) is 0 Å². The third-order valence-corrected chi connectivity index (χ3v) is 2.08. The van der Waals surface area contributed by atoms with Crippen molar-refractivity contribution < 1.29 is 19.8 Å². The molecule has 6 heteroatoms. The molecule has 0 aromatic heterocycles. The summed E-state index contributed by atoms with van der Waals surface area (Å²) in [6.07, 6.45) is 0. The van der Waals surface area contributed by atoms with E-state index < -0.39 is 0 Å². The number of aliphatic hydroxyl groups excluding tert-OH is 3. The molecule has 0 aromatic carbocycles. The van der Waals surface area contributed by atoms with Crippen LogP contribution >= 0.6 is 0 Å². The average molecular weight is 178 g/mol. The van der Waals surface area contributed by atoms with Crippen LogP contribution in [0.2, 0.25) is 0 Å². The van der Waals surface area contributed by atoms with Gasteiger partial charge in [0.15, 0.2) is 13.5 Å². The van der Waals surface area contributed by atoms with Crippen LogP contribution in [0.15, 0.2) is 0 Å². The molecule has 6 nitrogen and oxygen atoms in total. The maximum Gasteiger partial charge on any atom is 0.184 e. The van der Waals surface area contributed by atoms with Crippen molar-refractivity contribution in [1.29, 1.82) is 0 Å². The van der Waals surface area contributed by atoms with Crippen molar-refractivity contribution in [3.63, 3.8) is 0 Å². The van der Waals surface area contributed by atoms with Crippen LogP contribution < -0.4 is 5.32 Å². The first-order valence-electron chi connectivity index (χ1n) is 3.87. The van der Waals surface area contributed by atoms with Gasteiger partial charge in [0.05, 0.1) is 6.67 Å². The average Bonchev–Trinajstić information content (AvgIpc) is 2.18. The molecule has 0 atom stereocenters. The van der Waals surface area contributed by atoms with Crippen molar-refractivity contribution in [2.75, 3.05) is 40.2 Å². The van der Waals surface area contributed by atoms with Crippen LogP contribution in [0.25, 0.3) is 0 Å². The van der Waals surface area contributed by atoms with E-state index in [1.165, 1.54) is 0 Å². The summed E-state index contributed by atoms with van der Waals surface area (Å²) in [7, 11) is 0. The molecule has 0 aliphatic carbocycles. The van der Waals surface area contributed by atoms with E-state index in [1.807, 2.05) is 0 Å². The number of quaternary nitrogens is 1. The summed E-state index contributed by atoms with van der Waals surface area (Å²) in [4.78, 5) is 1.70. The molecule has 1 fully saturated rings. The number of nitrogens with one attached hydrogen (secondary N) is 1. The van der Waals surface area contributed by atoms with Gasteiger partial charge in [-0.25, -0.2) is 4.90 Å². The Morgan fingerprint density at radius 2 is 1.92 bits per heavy atom. The third-order valence-electron chi connectivity index (χ3n) is 2.08. The largest absolute Gasteiger partial charge is 0.381 e. The quantitative estimate of drug-likeness (QED) is 0.357. The Balaban J connectivity index is 2.52. The number of rotatable bonds is 3. The van der Waals surface area contributed by atoms with Crippen molar-refractivity contribution >= 4 is 0 Å². The highest BCUT2D eigenvalue weighted by Crippen LogP contribution is 2.07. The zero-order chi connectivity index (χ0) is 9.03. The maximum absolute atomic E-state index is 9.02. The van der Waals surface area contributed by atoms with E-state index in [9.17, 15) is 0 Å². The number of hydrogen-bond acceptors (Lipinski definition) is 5. The highest BCUT2D eigenvalue weighted by molar-refractivity contribution is 4.49. The van der Waals surface area contributed by atoms with Crippen LogP contribution in [0.1, 0.15) is 0 Å². The van der Waals surface area contributed by atoms with Gasteiger partial charge in [0.1, 0.15) is 20.1 Å². The Morgan fingerprint density at radius 3 is 2.42 bits per heavy atom. The topological polar surface area (TPSA) is 76.0 Å². The van der Waals surface area contributed by atoms with Gasteiger partial charge in [-0.15, -0.1) is 0 Å². The molecule has 1 heterocycles. The Kier molecular flexibility index (Phi) is 3.39. The van der Waals surface area contributed by atoms with Crippen molar-refractivity contribution in [2.24, 2.45) is 0 Å². The van der Waals surface area contributed by atoms with Gasteiger partial charge in [0.2, 0.25) is 0 Å². The third kappa shape index (κ3) is 1.92. The van der Waals surface area contributed by atoms with Crippen LogP contribution in [0, 0.1) is 0 Å². The fourth-order valence-corrected chi connectivity index (χ4v) is 1.30. The van der Waals surface area contributed by atoms with Gasteiger partial charge in [-0.2, -0.15) is 0 Å². The summed E-state index contributed by atoms with van der Waals surface area (Å²) in [6.45, 7) is 1.28. The molecule has 0 amide bonds. The van der Waals surface area contributed by atoms with Gasteiger partial charge >= 0.3 is 0 Å². The van der Waals surface area contributed by atoms with Crippen LogP contribution in [-0.2, 0) is 0 Å². The van der Waals surface area contributed by atoms with Crippen LogP contribution in [0.3, 0.4) is 0 Å². The first-order valence-corrected chi connectivity index (χ1v) is 3.87. The molecule has 0 spiro atoms. The fourth-order valence-electron chi connectivity index (χ4n) is 1.30. The van der Waals surface area contributed by atoms with E-state index >= 15 is 0 Å². The standard InChI is InChI=1S/C6H16N3O3/c10-4-8-1-7-2-9(3-8,5-11)6-12/h7,10-12H,1-6H2/q+1. The van der Waals surface area contributed by atoms with Gasteiger partial charge in [0.25, 0.3) is 0 Å². The maximum atomic E-state index is 9.02. The molecule has 1 aliphatic rings. The zero-order valence-corrected chi connectivity index (χ0v) is 6.98. The number of aliphatic hydroxyl groups is 3. The summed E-state index contributed by atoms with van der Waals surface area (Å²) in [5.41, 5.74) is 0. The summed E-state index contributed by atoms with van der Waals surface area (Å²) in [5.74, 6) is 0. The molecule has 0 aromatic rings. The van der Waals surface area contributed by atoms with Gasteiger partial charge in [-0.05, 0) is 0 Å². The van der Waals surface area contributed by atoms with Crippen LogP contribution in [0.5, 0.6) is 0 Å². The second-order valence-electron chi connectivity index (χ2n) is 3.14. The van der Waals surface area contributed by atoms with E-state index in [1.54, 1.807) is 4.90 Å². The summed E-state index contributed by atoms with van der Waals surface area (Å²) in [6, 6.07) is 0. The van der Waals surface area contributed by atoms with Gasteiger partial charge < -0.3 is 15.3 Å². The first-order chi connectivity index (χ1) is 5.76. The van der Waals surface area contributed by atoms with Gasteiger partial charge in [-0.3, -0.25) is 9.80 Å².